The van der Waals surface area contributed by atoms with E-state index in [0.717, 1.165) is 0 Å². The fourth-order valence-corrected chi connectivity index (χ4v) is 2.16. The van der Waals surface area contributed by atoms with E-state index in [1.807, 2.05) is 0 Å². The number of amides is 1. The standard InChI is InChI=1S/C10H15NO4S.CH3NO/c1-14-10(15-2)8-11-16(12,13)9-6-4-3-5-7-9;2-1-3/h3-7,10-11H,8H2,1-2H3;1H,(H2,2,3). The van der Waals surface area contributed by atoms with E-state index in [0.29, 0.717) is 0 Å². The molecule has 1 aromatic carbocycles. The summed E-state index contributed by atoms with van der Waals surface area (Å²) in [6.07, 6.45) is -0.335. The molecule has 0 bridgehead atoms. The van der Waals surface area contributed by atoms with E-state index < -0.39 is 16.3 Å². The molecular formula is C11H18N2O5S. The predicted octanol–water partition coefficient (Wildman–Crippen LogP) is -0.315. The molecule has 1 aromatic rings. The van der Waals surface area contributed by atoms with E-state index >= 15 is 0 Å². The van der Waals surface area contributed by atoms with Crippen LogP contribution < -0.4 is 10.5 Å². The smallest absolute Gasteiger partial charge is 0.240 e. The maximum absolute atomic E-state index is 11.7. The van der Waals surface area contributed by atoms with Crippen LogP contribution in [0, 0.1) is 0 Å². The van der Waals surface area contributed by atoms with Crippen LogP contribution in [-0.4, -0.2) is 41.9 Å². The zero-order valence-corrected chi connectivity index (χ0v) is 11.6. The van der Waals surface area contributed by atoms with E-state index in [-0.39, 0.29) is 17.9 Å². The summed E-state index contributed by atoms with van der Waals surface area (Å²) in [6, 6.07) is 8.14. The topological polar surface area (TPSA) is 108 Å². The number of rotatable bonds is 6. The van der Waals surface area contributed by atoms with Crippen LogP contribution in [0.25, 0.3) is 0 Å². The van der Waals surface area contributed by atoms with Gasteiger partial charge in [0, 0.05) is 14.2 Å². The summed E-state index contributed by atoms with van der Waals surface area (Å²) >= 11 is 0. The third-order valence-electron chi connectivity index (χ3n) is 2.02. The van der Waals surface area contributed by atoms with Gasteiger partial charge < -0.3 is 15.2 Å². The second-order valence-electron chi connectivity index (χ2n) is 3.20. The van der Waals surface area contributed by atoms with Crippen LogP contribution in [0.5, 0.6) is 0 Å². The molecule has 8 heteroatoms. The van der Waals surface area contributed by atoms with Gasteiger partial charge in [0.25, 0.3) is 0 Å². The first-order valence-corrected chi connectivity index (χ1v) is 6.75. The van der Waals surface area contributed by atoms with E-state index in [4.69, 9.17) is 14.3 Å². The molecule has 0 aromatic heterocycles. The van der Waals surface area contributed by atoms with Crippen LogP contribution in [0.15, 0.2) is 35.2 Å². The Morgan fingerprint density at radius 3 is 2.16 bits per heavy atom. The molecule has 7 nitrogen and oxygen atoms in total. The molecule has 3 N–H and O–H groups in total. The first-order chi connectivity index (χ1) is 9.01. The molecule has 0 saturated carbocycles. The van der Waals surface area contributed by atoms with Gasteiger partial charge in [0.05, 0.1) is 11.4 Å². The first-order valence-electron chi connectivity index (χ1n) is 5.27. The predicted molar refractivity (Wildman–Crippen MR) is 69.7 cm³/mol. The van der Waals surface area contributed by atoms with E-state index in [1.54, 1.807) is 18.2 Å². The molecule has 0 saturated heterocycles. The molecule has 19 heavy (non-hydrogen) atoms. The van der Waals surface area contributed by atoms with Gasteiger partial charge >= 0.3 is 0 Å². The van der Waals surface area contributed by atoms with Crippen molar-refractivity contribution in [2.75, 3.05) is 20.8 Å². The Morgan fingerprint density at radius 1 is 1.26 bits per heavy atom. The van der Waals surface area contributed by atoms with Crippen molar-refractivity contribution >= 4 is 16.4 Å². The van der Waals surface area contributed by atoms with Crippen molar-refractivity contribution in [3.8, 4) is 0 Å². The van der Waals surface area contributed by atoms with Crippen molar-refractivity contribution in [2.45, 2.75) is 11.2 Å². The number of hydrogen-bond donors (Lipinski definition) is 2. The summed E-state index contributed by atoms with van der Waals surface area (Å²) in [4.78, 5) is 8.81. The van der Waals surface area contributed by atoms with Gasteiger partial charge in [-0.05, 0) is 12.1 Å². The van der Waals surface area contributed by atoms with Gasteiger partial charge in [0.2, 0.25) is 16.4 Å². The molecule has 0 heterocycles. The second-order valence-corrected chi connectivity index (χ2v) is 4.97. The summed E-state index contributed by atoms with van der Waals surface area (Å²) in [5.74, 6) is 0. The maximum atomic E-state index is 11.7. The zero-order valence-electron chi connectivity index (χ0n) is 10.8. The van der Waals surface area contributed by atoms with Gasteiger partial charge in [-0.1, -0.05) is 18.2 Å². The first kappa shape index (κ1) is 17.5. The number of primary amides is 1. The summed E-state index contributed by atoms with van der Waals surface area (Å²) < 4.78 is 35.7. The number of nitrogens with one attached hydrogen (secondary N) is 1. The largest absolute Gasteiger partial charge is 0.372 e. The molecule has 0 unspecified atom stereocenters. The number of nitrogens with two attached hydrogens (primary N) is 1. The number of benzene rings is 1. The Kier molecular flexibility index (Phi) is 8.71. The molecule has 1 amide bonds. The Morgan fingerprint density at radius 2 is 1.74 bits per heavy atom. The van der Waals surface area contributed by atoms with Crippen LogP contribution in [0.2, 0.25) is 0 Å². The number of ether oxygens (including phenoxy) is 2. The molecular weight excluding hydrogens is 272 g/mol. The minimum Gasteiger partial charge on any atom is -0.372 e. The summed E-state index contributed by atoms with van der Waals surface area (Å²) in [5.41, 5.74) is 4.17. The van der Waals surface area contributed by atoms with E-state index in [1.165, 1.54) is 26.4 Å². The average molecular weight is 290 g/mol. The van der Waals surface area contributed by atoms with Gasteiger partial charge in [-0.25, -0.2) is 13.1 Å². The SMILES string of the molecule is COC(CNS(=O)(=O)c1ccccc1)OC.NC=O. The van der Waals surface area contributed by atoms with Crippen LogP contribution in [0.4, 0.5) is 0 Å². The van der Waals surface area contributed by atoms with Crippen molar-refractivity contribution in [1.82, 2.24) is 4.72 Å². The fourth-order valence-electron chi connectivity index (χ4n) is 1.12. The van der Waals surface area contributed by atoms with Crippen molar-refractivity contribution in [3.05, 3.63) is 30.3 Å². The highest BCUT2D eigenvalue weighted by Gasteiger charge is 2.15. The minimum absolute atomic E-state index is 0.0736. The molecule has 108 valence electrons. The Hall–Kier alpha value is -1.48. The number of hydrogen-bond acceptors (Lipinski definition) is 5. The van der Waals surface area contributed by atoms with E-state index in [9.17, 15) is 8.42 Å². The van der Waals surface area contributed by atoms with Crippen LogP contribution >= 0.6 is 0 Å². The third kappa shape index (κ3) is 6.87. The fraction of sp³-hybridized carbons (Fsp3) is 0.364. The van der Waals surface area contributed by atoms with Gasteiger partial charge in [-0.3, -0.25) is 4.79 Å². The lowest BCUT2D eigenvalue weighted by Crippen LogP contribution is -2.34. The molecule has 0 fully saturated rings. The van der Waals surface area contributed by atoms with Gasteiger partial charge in [-0.15, -0.1) is 0 Å². The highest BCUT2D eigenvalue weighted by Crippen LogP contribution is 2.07. The lowest BCUT2D eigenvalue weighted by Gasteiger charge is -2.14. The average Bonchev–Trinajstić information content (AvgIpc) is 2.42. The van der Waals surface area contributed by atoms with Crippen LogP contribution in [-0.2, 0) is 24.3 Å². The number of carbonyl (C=O) groups is 1. The molecule has 0 aliphatic carbocycles. The van der Waals surface area contributed by atoms with Crippen molar-refractivity contribution in [2.24, 2.45) is 5.73 Å². The van der Waals surface area contributed by atoms with E-state index in [2.05, 4.69) is 10.5 Å². The number of sulfonamides is 1. The van der Waals surface area contributed by atoms with Gasteiger partial charge in [0.1, 0.15) is 0 Å². The maximum Gasteiger partial charge on any atom is 0.240 e. The van der Waals surface area contributed by atoms with Crippen LogP contribution in [0.1, 0.15) is 0 Å². The number of carbonyl (C=O) groups excluding carboxylic acids is 1. The Labute approximate surface area is 112 Å². The molecule has 0 atom stereocenters. The monoisotopic (exact) mass is 290 g/mol. The molecule has 0 aliphatic heterocycles. The lowest BCUT2D eigenvalue weighted by molar-refractivity contribution is -0.106. The number of methoxy groups -OCH3 is 2. The van der Waals surface area contributed by atoms with Crippen molar-refractivity contribution in [3.63, 3.8) is 0 Å². The quantitative estimate of drug-likeness (QED) is 0.551. The highest BCUT2D eigenvalue weighted by atomic mass is 32.2. The zero-order chi connectivity index (χ0) is 14.7. The molecule has 0 spiro atoms. The normalized spacial score (nSPS) is 10.7. The summed E-state index contributed by atoms with van der Waals surface area (Å²) in [6.45, 7) is 0.0736. The summed E-state index contributed by atoms with van der Waals surface area (Å²) in [5, 5.41) is 0. The molecule has 0 aliphatic rings. The minimum atomic E-state index is -3.49. The summed E-state index contributed by atoms with van der Waals surface area (Å²) in [7, 11) is -0.587. The lowest BCUT2D eigenvalue weighted by atomic mass is 10.4. The van der Waals surface area contributed by atoms with Crippen molar-refractivity contribution in [1.29, 1.82) is 0 Å². The van der Waals surface area contributed by atoms with Crippen LogP contribution in [0.3, 0.4) is 0 Å². The Balaban J connectivity index is 0.000000982. The van der Waals surface area contributed by atoms with Gasteiger partial charge in [0.15, 0.2) is 6.29 Å². The van der Waals surface area contributed by atoms with Gasteiger partial charge in [-0.2, -0.15) is 0 Å². The highest BCUT2D eigenvalue weighted by molar-refractivity contribution is 7.89. The Bertz CT molecular complexity index is 445. The molecule has 1 rings (SSSR count). The molecule has 0 radical (unpaired) electrons. The second kappa shape index (κ2) is 9.45. The van der Waals surface area contributed by atoms with Crippen molar-refractivity contribution < 1.29 is 22.7 Å². The third-order valence-corrected chi connectivity index (χ3v) is 3.46.